The van der Waals surface area contributed by atoms with Crippen LogP contribution >= 0.6 is 11.3 Å². The van der Waals surface area contributed by atoms with E-state index in [1.807, 2.05) is 17.5 Å². The van der Waals surface area contributed by atoms with Gasteiger partial charge in [0.25, 0.3) is 0 Å². The highest BCUT2D eigenvalue weighted by atomic mass is 32.1. The van der Waals surface area contributed by atoms with Gasteiger partial charge in [-0.05, 0) is 32.2 Å². The Morgan fingerprint density at radius 2 is 2.18 bits per heavy atom. The van der Waals surface area contributed by atoms with Crippen molar-refractivity contribution in [2.24, 2.45) is 0 Å². The van der Waals surface area contributed by atoms with Gasteiger partial charge in [-0.15, -0.1) is 11.3 Å². The summed E-state index contributed by atoms with van der Waals surface area (Å²) < 4.78 is 5.45. The number of nitrogens with zero attached hydrogens (tertiary/aromatic N) is 2. The highest BCUT2D eigenvalue weighted by Gasteiger charge is 2.28. The molecule has 0 aliphatic carbocycles. The summed E-state index contributed by atoms with van der Waals surface area (Å²) in [6, 6.07) is 0.756. The smallest absolute Gasteiger partial charge is 0.0968 e. The fourth-order valence-electron chi connectivity index (χ4n) is 3.03. The van der Waals surface area contributed by atoms with Crippen LogP contribution in [-0.2, 0) is 4.74 Å². The number of hydrogen-bond donors (Lipinski definition) is 0. The van der Waals surface area contributed by atoms with Gasteiger partial charge in [0.2, 0.25) is 0 Å². The van der Waals surface area contributed by atoms with Crippen molar-refractivity contribution >= 4 is 11.3 Å². The van der Waals surface area contributed by atoms with Crippen LogP contribution in [0.5, 0.6) is 0 Å². The summed E-state index contributed by atoms with van der Waals surface area (Å²) >= 11 is 1.82. The Bertz CT molecular complexity index is 335. The van der Waals surface area contributed by atoms with E-state index >= 15 is 0 Å². The van der Waals surface area contributed by atoms with E-state index in [4.69, 9.17) is 4.74 Å². The topological polar surface area (TPSA) is 25.4 Å². The number of likely N-dealkylation sites (tertiary alicyclic amines) is 1. The maximum Gasteiger partial charge on any atom is 0.0968 e. The van der Waals surface area contributed by atoms with E-state index in [9.17, 15) is 0 Å². The summed E-state index contributed by atoms with van der Waals surface area (Å²) in [5.74, 6) is 0.673. The lowest BCUT2D eigenvalue weighted by Crippen LogP contribution is -2.44. The van der Waals surface area contributed by atoms with Crippen molar-refractivity contribution in [3.63, 3.8) is 0 Å². The van der Waals surface area contributed by atoms with Crippen LogP contribution in [-0.4, -0.2) is 42.2 Å². The first-order valence-electron chi connectivity index (χ1n) is 6.64. The molecule has 0 amide bonds. The Hall–Kier alpha value is -0.450. The summed E-state index contributed by atoms with van der Waals surface area (Å²) in [6.07, 6.45) is 7.00. The molecule has 1 unspecified atom stereocenters. The molecule has 0 bridgehead atoms. The molecule has 2 fully saturated rings. The molecule has 1 atom stereocenters. The van der Waals surface area contributed by atoms with E-state index < -0.39 is 0 Å². The van der Waals surface area contributed by atoms with Gasteiger partial charge in [0.15, 0.2) is 0 Å². The molecular formula is C13H20N2OS. The first kappa shape index (κ1) is 11.6. The second kappa shape index (κ2) is 5.46. The van der Waals surface area contributed by atoms with Crippen LogP contribution in [0.15, 0.2) is 11.6 Å². The lowest BCUT2D eigenvalue weighted by atomic mass is 9.95. The third-order valence-corrected chi connectivity index (χ3v) is 4.90. The van der Waals surface area contributed by atoms with Crippen LogP contribution in [0.25, 0.3) is 0 Å². The zero-order valence-corrected chi connectivity index (χ0v) is 11.0. The second-order valence-electron chi connectivity index (χ2n) is 5.05. The van der Waals surface area contributed by atoms with Gasteiger partial charge in [0.1, 0.15) is 0 Å². The van der Waals surface area contributed by atoms with Gasteiger partial charge in [-0.3, -0.25) is 4.90 Å². The fraction of sp³-hybridized carbons (Fsp3) is 0.769. The highest BCUT2D eigenvalue weighted by Crippen LogP contribution is 2.30. The molecule has 0 aromatic carbocycles. The minimum Gasteiger partial charge on any atom is -0.381 e. The van der Waals surface area contributed by atoms with Crippen LogP contribution in [0.3, 0.4) is 0 Å². The molecule has 2 saturated heterocycles. The Morgan fingerprint density at radius 1 is 1.29 bits per heavy atom. The largest absolute Gasteiger partial charge is 0.381 e. The minimum absolute atomic E-state index is 0.673. The molecule has 2 aliphatic rings. The maximum atomic E-state index is 5.45. The minimum atomic E-state index is 0.673. The van der Waals surface area contributed by atoms with Gasteiger partial charge >= 0.3 is 0 Å². The van der Waals surface area contributed by atoms with Crippen LogP contribution in [0.2, 0.25) is 0 Å². The average Bonchev–Trinajstić information content (AvgIpc) is 2.94. The van der Waals surface area contributed by atoms with E-state index in [-0.39, 0.29) is 0 Å². The number of thiazole rings is 1. The van der Waals surface area contributed by atoms with Crippen LogP contribution in [0, 0.1) is 0 Å². The SMILES string of the molecule is c1csc(C2CCCN(C3CCOCC3)C2)n1. The molecule has 0 saturated carbocycles. The van der Waals surface area contributed by atoms with E-state index in [0.717, 1.165) is 19.3 Å². The molecule has 3 heterocycles. The summed E-state index contributed by atoms with van der Waals surface area (Å²) in [7, 11) is 0. The zero-order valence-electron chi connectivity index (χ0n) is 10.2. The lowest BCUT2D eigenvalue weighted by molar-refractivity contribution is 0.0240. The fourth-order valence-corrected chi connectivity index (χ4v) is 3.79. The highest BCUT2D eigenvalue weighted by molar-refractivity contribution is 7.09. The molecule has 3 rings (SSSR count). The Kier molecular flexibility index (Phi) is 3.74. The first-order valence-corrected chi connectivity index (χ1v) is 7.52. The Balaban J connectivity index is 1.63. The van der Waals surface area contributed by atoms with Crippen molar-refractivity contribution in [1.29, 1.82) is 0 Å². The van der Waals surface area contributed by atoms with Crippen molar-refractivity contribution in [3.05, 3.63) is 16.6 Å². The predicted molar refractivity (Wildman–Crippen MR) is 69.5 cm³/mol. The summed E-state index contributed by atoms with van der Waals surface area (Å²) in [6.45, 7) is 4.37. The van der Waals surface area contributed by atoms with E-state index in [2.05, 4.69) is 15.3 Å². The molecule has 1 aromatic rings. The predicted octanol–water partition coefficient (Wildman–Crippen LogP) is 2.50. The molecular weight excluding hydrogens is 232 g/mol. The lowest BCUT2D eigenvalue weighted by Gasteiger charge is -2.39. The van der Waals surface area contributed by atoms with Gasteiger partial charge in [-0.2, -0.15) is 0 Å². The van der Waals surface area contributed by atoms with Gasteiger partial charge in [0, 0.05) is 43.3 Å². The molecule has 4 heteroatoms. The summed E-state index contributed by atoms with van der Waals surface area (Å²) in [5, 5.41) is 3.43. The molecule has 0 radical (unpaired) electrons. The molecule has 0 spiro atoms. The number of aromatic nitrogens is 1. The van der Waals surface area contributed by atoms with E-state index in [1.165, 1.54) is 43.8 Å². The molecule has 0 N–H and O–H groups in total. The molecule has 94 valence electrons. The number of hydrogen-bond acceptors (Lipinski definition) is 4. The van der Waals surface area contributed by atoms with Crippen LogP contribution < -0.4 is 0 Å². The monoisotopic (exact) mass is 252 g/mol. The molecule has 17 heavy (non-hydrogen) atoms. The summed E-state index contributed by atoms with van der Waals surface area (Å²) in [5.41, 5.74) is 0. The van der Waals surface area contributed by atoms with Gasteiger partial charge in [0.05, 0.1) is 5.01 Å². The van der Waals surface area contributed by atoms with E-state index in [1.54, 1.807) is 0 Å². The van der Waals surface area contributed by atoms with E-state index in [0.29, 0.717) is 5.92 Å². The summed E-state index contributed by atoms with van der Waals surface area (Å²) in [4.78, 5) is 7.17. The molecule has 1 aromatic heterocycles. The molecule has 3 nitrogen and oxygen atoms in total. The van der Waals surface area contributed by atoms with Crippen molar-refractivity contribution < 1.29 is 4.74 Å². The van der Waals surface area contributed by atoms with Crippen molar-refractivity contribution in [1.82, 2.24) is 9.88 Å². The number of piperidine rings is 1. The number of rotatable bonds is 2. The quantitative estimate of drug-likeness (QED) is 0.808. The zero-order chi connectivity index (χ0) is 11.5. The first-order chi connectivity index (χ1) is 8.43. The normalized spacial score (nSPS) is 28.4. The third kappa shape index (κ3) is 2.69. The second-order valence-corrected chi connectivity index (χ2v) is 5.97. The van der Waals surface area contributed by atoms with Crippen molar-refractivity contribution in [2.45, 2.75) is 37.6 Å². The van der Waals surface area contributed by atoms with Gasteiger partial charge < -0.3 is 4.74 Å². The average molecular weight is 252 g/mol. The third-order valence-electron chi connectivity index (χ3n) is 3.96. The van der Waals surface area contributed by atoms with Gasteiger partial charge in [-0.1, -0.05) is 0 Å². The standard InChI is InChI=1S/C13H20N2OS/c1-2-11(13-14-5-9-17-13)10-15(6-1)12-3-7-16-8-4-12/h5,9,11-12H,1-4,6-8,10H2. The van der Waals surface area contributed by atoms with Gasteiger partial charge in [-0.25, -0.2) is 4.98 Å². The maximum absolute atomic E-state index is 5.45. The molecule has 2 aliphatic heterocycles. The Morgan fingerprint density at radius 3 is 2.94 bits per heavy atom. The van der Waals surface area contributed by atoms with Crippen LogP contribution in [0.4, 0.5) is 0 Å². The van der Waals surface area contributed by atoms with Crippen LogP contribution in [0.1, 0.15) is 36.6 Å². The number of ether oxygens (including phenoxy) is 1. The van der Waals surface area contributed by atoms with Crippen molar-refractivity contribution in [2.75, 3.05) is 26.3 Å². The Labute approximate surface area is 107 Å². The van der Waals surface area contributed by atoms with Crippen molar-refractivity contribution in [3.8, 4) is 0 Å².